The summed E-state index contributed by atoms with van der Waals surface area (Å²) in [6, 6.07) is 7.30. The molecule has 0 aliphatic carbocycles. The summed E-state index contributed by atoms with van der Waals surface area (Å²) in [5.74, 6) is -1.69. The molecule has 2 aromatic rings. The van der Waals surface area contributed by atoms with E-state index in [-0.39, 0.29) is 11.3 Å². The second-order valence-electron chi connectivity index (χ2n) is 4.82. The van der Waals surface area contributed by atoms with E-state index < -0.39 is 17.8 Å². The van der Waals surface area contributed by atoms with Gasteiger partial charge in [-0.15, -0.1) is 0 Å². The van der Waals surface area contributed by atoms with Crippen LogP contribution in [0.4, 0.5) is 5.69 Å². The number of carbonyl (C=O) groups is 3. The summed E-state index contributed by atoms with van der Waals surface area (Å²) in [6.45, 7) is 1.28. The van der Waals surface area contributed by atoms with Crippen molar-refractivity contribution >= 4 is 71.3 Å². The second-order valence-corrected chi connectivity index (χ2v) is 7.38. The van der Waals surface area contributed by atoms with E-state index in [1.165, 1.54) is 37.3 Å². The van der Waals surface area contributed by atoms with Crippen LogP contribution in [-0.4, -0.2) is 23.0 Å². The van der Waals surface area contributed by atoms with Crippen LogP contribution in [-0.2, 0) is 4.79 Å². The minimum Gasteiger partial charge on any atom is -0.478 e. The number of esters is 1. The van der Waals surface area contributed by atoms with Crippen LogP contribution < -0.4 is 10.1 Å². The van der Waals surface area contributed by atoms with Crippen molar-refractivity contribution in [2.75, 3.05) is 5.32 Å². The maximum atomic E-state index is 12.4. The highest BCUT2D eigenvalue weighted by Crippen LogP contribution is 2.35. The average Bonchev–Trinajstić information content (AvgIpc) is 2.52. The third-order valence-corrected chi connectivity index (χ3v) is 4.80. The molecule has 0 radical (unpaired) electrons. The Morgan fingerprint density at radius 1 is 0.960 bits per heavy atom. The molecule has 0 aromatic heterocycles. The summed E-state index contributed by atoms with van der Waals surface area (Å²) >= 11 is 9.75. The fraction of sp³-hybridized carbons (Fsp3) is 0.0625. The van der Waals surface area contributed by atoms with Crippen molar-refractivity contribution in [3.63, 3.8) is 0 Å². The number of carboxylic acids is 1. The Labute approximate surface area is 167 Å². The van der Waals surface area contributed by atoms with Gasteiger partial charge in [0.1, 0.15) is 0 Å². The molecule has 0 aliphatic rings. The number of benzene rings is 2. The Kier molecular flexibility index (Phi) is 6.36. The highest BCUT2D eigenvalue weighted by Gasteiger charge is 2.16. The largest absolute Gasteiger partial charge is 0.478 e. The van der Waals surface area contributed by atoms with Crippen LogP contribution in [0.2, 0.25) is 0 Å². The van der Waals surface area contributed by atoms with E-state index in [0.29, 0.717) is 24.7 Å². The molecule has 130 valence electrons. The first kappa shape index (κ1) is 19.6. The number of hydrogen-bond donors (Lipinski definition) is 2. The lowest BCUT2D eigenvalue weighted by Crippen LogP contribution is -2.13. The molecule has 1 amide bonds. The minimum atomic E-state index is -1.06. The van der Waals surface area contributed by atoms with Crippen LogP contribution in [0.5, 0.6) is 5.75 Å². The lowest BCUT2D eigenvalue weighted by atomic mass is 10.1. The van der Waals surface area contributed by atoms with E-state index in [0.717, 1.165) is 0 Å². The van der Waals surface area contributed by atoms with Gasteiger partial charge >= 0.3 is 11.9 Å². The van der Waals surface area contributed by atoms with E-state index in [2.05, 4.69) is 53.1 Å². The third-order valence-electron chi connectivity index (χ3n) is 2.97. The molecule has 0 bridgehead atoms. The Hall–Kier alpha value is -1.71. The van der Waals surface area contributed by atoms with E-state index >= 15 is 0 Å². The summed E-state index contributed by atoms with van der Waals surface area (Å²) in [4.78, 5) is 34.5. The number of amides is 1. The zero-order chi connectivity index (χ0) is 18.7. The van der Waals surface area contributed by atoms with Gasteiger partial charge in [0, 0.05) is 17.0 Å². The van der Waals surface area contributed by atoms with Crippen molar-refractivity contribution in [3.8, 4) is 5.75 Å². The molecule has 25 heavy (non-hydrogen) atoms. The molecule has 0 heterocycles. The van der Waals surface area contributed by atoms with Crippen LogP contribution in [0.25, 0.3) is 0 Å². The van der Waals surface area contributed by atoms with Crippen LogP contribution >= 0.6 is 47.8 Å². The van der Waals surface area contributed by atoms with Crippen molar-refractivity contribution in [2.45, 2.75) is 6.92 Å². The molecule has 6 nitrogen and oxygen atoms in total. The van der Waals surface area contributed by atoms with Gasteiger partial charge in [0.25, 0.3) is 5.91 Å². The highest BCUT2D eigenvalue weighted by atomic mass is 79.9. The summed E-state index contributed by atoms with van der Waals surface area (Å²) in [7, 11) is 0. The van der Waals surface area contributed by atoms with Crippen molar-refractivity contribution in [1.82, 2.24) is 0 Å². The maximum absolute atomic E-state index is 12.4. The lowest BCUT2D eigenvalue weighted by molar-refractivity contribution is -0.131. The van der Waals surface area contributed by atoms with Gasteiger partial charge in [-0.2, -0.15) is 0 Å². The van der Waals surface area contributed by atoms with Gasteiger partial charge < -0.3 is 15.2 Å². The average molecular weight is 536 g/mol. The van der Waals surface area contributed by atoms with E-state index in [9.17, 15) is 14.4 Å². The summed E-state index contributed by atoms with van der Waals surface area (Å²) in [5, 5.41) is 11.6. The number of ether oxygens (including phenoxy) is 1. The number of carbonyl (C=O) groups excluding carboxylic acids is 2. The quantitative estimate of drug-likeness (QED) is 0.431. The smallest absolute Gasteiger partial charge is 0.335 e. The second kappa shape index (κ2) is 8.11. The molecular weight excluding hydrogens is 526 g/mol. The molecule has 2 rings (SSSR count). The molecule has 0 aliphatic heterocycles. The van der Waals surface area contributed by atoms with E-state index in [1.54, 1.807) is 0 Å². The summed E-state index contributed by atoms with van der Waals surface area (Å²) in [5.41, 5.74) is 0.830. The fourth-order valence-corrected chi connectivity index (χ4v) is 3.70. The molecule has 0 saturated heterocycles. The lowest BCUT2D eigenvalue weighted by Gasteiger charge is -2.11. The van der Waals surface area contributed by atoms with Crippen molar-refractivity contribution in [3.05, 3.63) is 54.9 Å². The standard InChI is InChI=1S/C16H10Br3NO5/c1-7(21)25-14-11(18)5-9(6-12(14)19)15(22)20-13-3-2-8(16(23)24)4-10(13)17/h2-6H,1H3,(H,20,22)(H,23,24). The SMILES string of the molecule is CC(=O)Oc1c(Br)cc(C(=O)Nc2ccc(C(=O)O)cc2Br)cc1Br. The third kappa shape index (κ3) is 4.90. The number of aromatic carboxylic acids is 1. The molecule has 2 aromatic carbocycles. The number of halogens is 3. The molecule has 0 spiro atoms. The molecule has 0 saturated carbocycles. The molecule has 2 N–H and O–H groups in total. The van der Waals surface area contributed by atoms with Crippen molar-refractivity contribution in [1.29, 1.82) is 0 Å². The van der Waals surface area contributed by atoms with Crippen molar-refractivity contribution in [2.24, 2.45) is 0 Å². The number of anilines is 1. The van der Waals surface area contributed by atoms with E-state index in [1.807, 2.05) is 0 Å². The van der Waals surface area contributed by atoms with Gasteiger partial charge in [0.2, 0.25) is 0 Å². The van der Waals surface area contributed by atoms with Crippen LogP contribution in [0.3, 0.4) is 0 Å². The molecule has 0 atom stereocenters. The zero-order valence-electron chi connectivity index (χ0n) is 12.6. The fourth-order valence-electron chi connectivity index (χ4n) is 1.88. The van der Waals surface area contributed by atoms with Gasteiger partial charge in [-0.3, -0.25) is 9.59 Å². The summed E-state index contributed by atoms with van der Waals surface area (Å²) in [6.07, 6.45) is 0. The van der Waals surface area contributed by atoms with Crippen LogP contribution in [0.15, 0.2) is 43.7 Å². The number of carboxylic acid groups (broad SMARTS) is 1. The zero-order valence-corrected chi connectivity index (χ0v) is 17.4. The molecule has 0 unspecified atom stereocenters. The molecular formula is C16H10Br3NO5. The number of rotatable bonds is 4. The Morgan fingerprint density at radius 3 is 2.00 bits per heavy atom. The van der Waals surface area contributed by atoms with E-state index in [4.69, 9.17) is 9.84 Å². The number of hydrogen-bond acceptors (Lipinski definition) is 4. The minimum absolute atomic E-state index is 0.0982. The van der Waals surface area contributed by atoms with Gasteiger partial charge in [-0.1, -0.05) is 0 Å². The van der Waals surface area contributed by atoms with Crippen LogP contribution in [0, 0.1) is 0 Å². The molecule has 9 heteroatoms. The summed E-state index contributed by atoms with van der Waals surface area (Å²) < 4.78 is 6.36. The normalized spacial score (nSPS) is 10.2. The molecule has 0 fully saturated rings. The van der Waals surface area contributed by atoms with Crippen molar-refractivity contribution < 1.29 is 24.2 Å². The van der Waals surface area contributed by atoms with Gasteiger partial charge in [-0.25, -0.2) is 4.79 Å². The first-order chi connectivity index (χ1) is 11.7. The first-order valence-corrected chi connectivity index (χ1v) is 9.08. The Morgan fingerprint density at radius 2 is 1.52 bits per heavy atom. The topological polar surface area (TPSA) is 92.7 Å². The monoisotopic (exact) mass is 533 g/mol. The van der Waals surface area contributed by atoms with Gasteiger partial charge in [0.05, 0.1) is 20.2 Å². The predicted molar refractivity (Wildman–Crippen MR) is 102 cm³/mol. The maximum Gasteiger partial charge on any atom is 0.335 e. The van der Waals surface area contributed by atoms with Gasteiger partial charge in [0.15, 0.2) is 5.75 Å². The predicted octanol–water partition coefficient (Wildman–Crippen LogP) is 4.85. The van der Waals surface area contributed by atoms with Gasteiger partial charge in [-0.05, 0) is 78.1 Å². The highest BCUT2D eigenvalue weighted by molar-refractivity contribution is 9.11. The Bertz CT molecular complexity index is 859. The first-order valence-electron chi connectivity index (χ1n) is 6.70. The van der Waals surface area contributed by atoms with Crippen LogP contribution in [0.1, 0.15) is 27.6 Å². The number of nitrogens with one attached hydrogen (secondary N) is 1. The Balaban J connectivity index is 2.27.